The smallest absolute Gasteiger partial charge is 0.321 e. The third kappa shape index (κ3) is 12.4. The fraction of sp³-hybridized carbons (Fsp3) is 0.605. The molecule has 2 aromatic carbocycles. The summed E-state index contributed by atoms with van der Waals surface area (Å²) in [6.45, 7) is 13.2. The summed E-state index contributed by atoms with van der Waals surface area (Å²) in [4.78, 5) is 18.6. The van der Waals surface area contributed by atoms with Crippen LogP contribution in [0.3, 0.4) is 0 Å². The third-order valence-electron chi connectivity index (χ3n) is 8.34. The number of carbonyl (C=O) groups excluding carboxylic acids is 1. The number of thioether (sulfide) groups is 1. The molecule has 0 saturated carbocycles. The van der Waals surface area contributed by atoms with E-state index < -0.39 is 0 Å². The molecule has 0 aromatic heterocycles. The van der Waals surface area contributed by atoms with Gasteiger partial charge in [0.15, 0.2) is 0 Å². The Hall–Kier alpha value is -2.60. The molecule has 1 aliphatic heterocycles. The Balaban J connectivity index is 1.54. The average Bonchev–Trinajstić information content (AvgIpc) is 3.41. The zero-order chi connectivity index (χ0) is 31.8. The van der Waals surface area contributed by atoms with Crippen molar-refractivity contribution < 1.29 is 9.53 Å². The first-order valence-corrected chi connectivity index (χ1v) is 18.1. The van der Waals surface area contributed by atoms with E-state index in [9.17, 15) is 4.79 Å². The molecule has 0 aliphatic carbocycles. The van der Waals surface area contributed by atoms with Crippen molar-refractivity contribution in [1.82, 2.24) is 10.2 Å². The molecule has 3 rings (SSSR count). The van der Waals surface area contributed by atoms with Crippen LogP contribution >= 0.6 is 11.8 Å². The number of urea groups is 1. The fourth-order valence-corrected chi connectivity index (χ4v) is 6.53. The summed E-state index contributed by atoms with van der Waals surface area (Å²) >= 11 is 1.87. The summed E-state index contributed by atoms with van der Waals surface area (Å²) in [6, 6.07) is 14.7. The molecule has 0 radical (unpaired) electrons. The monoisotopic (exact) mass is 621 g/mol. The number of hydrogen-bond donors (Lipinski definition) is 1. The van der Waals surface area contributed by atoms with Crippen molar-refractivity contribution in [2.75, 3.05) is 24.4 Å². The summed E-state index contributed by atoms with van der Waals surface area (Å²) in [5.41, 5.74) is 4.31. The lowest BCUT2D eigenvalue weighted by atomic mass is 9.85. The number of unbranched alkanes of at least 4 members (excludes halogenated alkanes) is 11. The number of carbonyl (C=O) groups is 1. The molecule has 0 saturated heterocycles. The maximum absolute atomic E-state index is 13.1. The lowest BCUT2D eigenvalue weighted by Crippen LogP contribution is -2.37. The number of hydrogen-bond acceptors (Lipinski definition) is 4. The van der Waals surface area contributed by atoms with Gasteiger partial charge in [0, 0.05) is 25.5 Å². The molecule has 0 fully saturated rings. The van der Waals surface area contributed by atoms with Gasteiger partial charge in [0.05, 0.1) is 19.0 Å². The molecule has 0 bridgehead atoms. The highest BCUT2D eigenvalue weighted by molar-refractivity contribution is 8.03. The second-order valence-electron chi connectivity index (χ2n) is 13.4. The van der Waals surface area contributed by atoms with Crippen LogP contribution < -0.4 is 15.0 Å². The number of benzene rings is 2. The van der Waals surface area contributed by atoms with Crippen LogP contribution in [-0.2, 0) is 18.5 Å². The first-order chi connectivity index (χ1) is 21.2. The third-order valence-corrected chi connectivity index (χ3v) is 9.36. The van der Waals surface area contributed by atoms with Gasteiger partial charge in [0.2, 0.25) is 0 Å². The van der Waals surface area contributed by atoms with Gasteiger partial charge >= 0.3 is 6.03 Å². The lowest BCUT2D eigenvalue weighted by Gasteiger charge is -2.27. The van der Waals surface area contributed by atoms with Crippen molar-refractivity contribution in [2.45, 2.75) is 130 Å². The van der Waals surface area contributed by atoms with Crippen LogP contribution in [0.1, 0.15) is 128 Å². The Labute approximate surface area is 273 Å². The molecule has 1 aliphatic rings. The highest BCUT2D eigenvalue weighted by Gasteiger charge is 2.22. The minimum absolute atomic E-state index is 0.0704. The molecule has 44 heavy (non-hydrogen) atoms. The largest absolute Gasteiger partial charge is 0.493 e. The summed E-state index contributed by atoms with van der Waals surface area (Å²) in [5.74, 6) is 1.93. The number of nitrogens with one attached hydrogen (secondary N) is 1. The van der Waals surface area contributed by atoms with Gasteiger partial charge in [0.25, 0.3) is 0 Å². The number of ether oxygens (including phenoxy) is 1. The van der Waals surface area contributed by atoms with Crippen LogP contribution in [0.4, 0.5) is 10.5 Å². The van der Waals surface area contributed by atoms with Crippen LogP contribution in [0.25, 0.3) is 0 Å². The quantitative estimate of drug-likeness (QED) is 0.159. The zero-order valence-electron chi connectivity index (χ0n) is 28.6. The Kier molecular flexibility index (Phi) is 15.5. The molecule has 6 heteroatoms. The second-order valence-corrected chi connectivity index (χ2v) is 14.6. The minimum Gasteiger partial charge on any atom is -0.493 e. The van der Waals surface area contributed by atoms with Crippen LogP contribution in [0.15, 0.2) is 53.6 Å². The van der Waals surface area contributed by atoms with Gasteiger partial charge in [-0.1, -0.05) is 117 Å². The number of nitrogens with zero attached hydrogens (tertiary/aromatic N) is 2. The fourth-order valence-electron chi connectivity index (χ4n) is 5.78. The van der Waals surface area contributed by atoms with E-state index >= 15 is 0 Å². The molecule has 0 spiro atoms. The summed E-state index contributed by atoms with van der Waals surface area (Å²) in [6.07, 6.45) is 18.3. The Morgan fingerprint density at radius 2 is 1.57 bits per heavy atom. The van der Waals surface area contributed by atoms with E-state index in [4.69, 9.17) is 4.74 Å². The zero-order valence-corrected chi connectivity index (χ0v) is 29.4. The van der Waals surface area contributed by atoms with E-state index in [2.05, 4.69) is 81.4 Å². The standard InChI is InChI=1S/C38H59N3O2S/c1-7-8-9-10-11-12-13-14-15-16-17-18-24-43-36-23-22-33(26-35(36)38(3,4)5)29-41(37(42)39-6)34-21-19-20-32(25-34)28-40-27-31(2)44-30-40/h19-23,25-27H,7-18,24,28-30H2,1-6H3,(H,39,42). The van der Waals surface area contributed by atoms with Crippen molar-refractivity contribution >= 4 is 23.5 Å². The van der Waals surface area contributed by atoms with Gasteiger partial charge in [0.1, 0.15) is 5.75 Å². The van der Waals surface area contributed by atoms with Crippen molar-refractivity contribution in [3.63, 3.8) is 0 Å². The molecule has 0 atom stereocenters. The van der Waals surface area contributed by atoms with E-state index in [1.54, 1.807) is 7.05 Å². The van der Waals surface area contributed by atoms with Gasteiger partial charge in [-0.3, -0.25) is 4.90 Å². The normalized spacial score (nSPS) is 13.2. The van der Waals surface area contributed by atoms with E-state index in [1.165, 1.54) is 86.7 Å². The van der Waals surface area contributed by atoms with E-state index in [-0.39, 0.29) is 11.4 Å². The highest BCUT2D eigenvalue weighted by Crippen LogP contribution is 2.33. The molecular weight excluding hydrogens is 563 g/mol. The molecule has 5 nitrogen and oxygen atoms in total. The molecule has 1 heterocycles. The van der Waals surface area contributed by atoms with Gasteiger partial charge in [-0.15, -0.1) is 11.8 Å². The van der Waals surface area contributed by atoms with Gasteiger partial charge in [-0.2, -0.15) is 0 Å². The number of anilines is 1. The topological polar surface area (TPSA) is 44.8 Å². The average molecular weight is 622 g/mol. The maximum Gasteiger partial charge on any atom is 0.321 e. The Morgan fingerprint density at radius 3 is 2.16 bits per heavy atom. The van der Waals surface area contributed by atoms with Crippen LogP contribution in [0.2, 0.25) is 0 Å². The second kappa shape index (κ2) is 19.0. The predicted molar refractivity (Wildman–Crippen MR) is 191 cm³/mol. The molecular formula is C38H59N3O2S. The highest BCUT2D eigenvalue weighted by atomic mass is 32.2. The Morgan fingerprint density at radius 1 is 0.909 bits per heavy atom. The van der Waals surface area contributed by atoms with Crippen LogP contribution in [0, 0.1) is 0 Å². The predicted octanol–water partition coefficient (Wildman–Crippen LogP) is 10.8. The first-order valence-electron chi connectivity index (χ1n) is 17.1. The van der Waals surface area contributed by atoms with Crippen molar-refractivity contribution in [2.24, 2.45) is 0 Å². The summed E-state index contributed by atoms with van der Waals surface area (Å²) in [7, 11) is 1.70. The Bertz CT molecular complexity index is 1170. The molecule has 2 aromatic rings. The maximum atomic E-state index is 13.1. The van der Waals surface area contributed by atoms with Gasteiger partial charge < -0.3 is 15.0 Å². The summed E-state index contributed by atoms with van der Waals surface area (Å²) < 4.78 is 6.35. The van der Waals surface area contributed by atoms with E-state index in [0.717, 1.165) is 42.4 Å². The molecule has 0 unspecified atom stereocenters. The first kappa shape index (κ1) is 35.9. The van der Waals surface area contributed by atoms with Crippen molar-refractivity contribution in [1.29, 1.82) is 0 Å². The van der Waals surface area contributed by atoms with E-state index in [1.807, 2.05) is 28.8 Å². The molecule has 244 valence electrons. The van der Waals surface area contributed by atoms with Gasteiger partial charge in [-0.25, -0.2) is 4.79 Å². The number of allylic oxidation sites excluding steroid dienone is 1. The molecule has 1 N–H and O–H groups in total. The van der Waals surface area contributed by atoms with E-state index in [0.29, 0.717) is 6.54 Å². The summed E-state index contributed by atoms with van der Waals surface area (Å²) in [5, 5.41) is 2.85. The number of rotatable bonds is 19. The van der Waals surface area contributed by atoms with Crippen molar-refractivity contribution in [3.8, 4) is 5.75 Å². The SMILES string of the molecule is CCCCCCCCCCCCCCOc1ccc(CN(C(=O)NC)c2cccc(CN3C=C(C)SC3)c2)cc1C(C)(C)C. The van der Waals surface area contributed by atoms with Crippen LogP contribution in [0.5, 0.6) is 5.75 Å². The number of amides is 2. The van der Waals surface area contributed by atoms with Gasteiger partial charge in [-0.05, 0) is 64.6 Å². The minimum atomic E-state index is -0.112. The van der Waals surface area contributed by atoms with Crippen LogP contribution in [-0.4, -0.2) is 30.5 Å². The van der Waals surface area contributed by atoms with Crippen molar-refractivity contribution in [3.05, 3.63) is 70.3 Å². The lowest BCUT2D eigenvalue weighted by molar-refractivity contribution is 0.248. The molecule has 2 amide bonds.